The number of thiophene rings is 1. The molecule has 0 bridgehead atoms. The van der Waals surface area contributed by atoms with Gasteiger partial charge in [-0.1, -0.05) is 29.8 Å². The summed E-state index contributed by atoms with van der Waals surface area (Å²) in [7, 11) is 0. The smallest absolute Gasteiger partial charge is 0.113 e. The van der Waals surface area contributed by atoms with Crippen molar-refractivity contribution in [3.05, 3.63) is 57.3 Å². The summed E-state index contributed by atoms with van der Waals surface area (Å²) in [5.74, 6) is 0. The molecule has 1 nitrogen and oxygen atoms in total. The molecule has 1 aromatic heterocycles. The Morgan fingerprint density at radius 1 is 1.20 bits per heavy atom. The summed E-state index contributed by atoms with van der Waals surface area (Å²) >= 11 is 1.59. The molecule has 1 atom stereocenters. The molecule has 1 heterocycles. The molecule has 0 aliphatic carbocycles. The number of rotatable bonds is 2. The second kappa shape index (κ2) is 4.17. The molecule has 0 aliphatic rings. The molecule has 15 heavy (non-hydrogen) atoms. The lowest BCUT2D eigenvalue weighted by atomic mass is 10.0. The van der Waals surface area contributed by atoms with Gasteiger partial charge in [0.15, 0.2) is 0 Å². The summed E-state index contributed by atoms with van der Waals surface area (Å²) in [4.78, 5) is 1.00. The third-order valence-corrected chi connectivity index (χ3v) is 3.46. The first-order chi connectivity index (χ1) is 7.18. The van der Waals surface area contributed by atoms with E-state index in [9.17, 15) is 5.11 Å². The number of benzene rings is 1. The highest BCUT2D eigenvalue weighted by Crippen LogP contribution is 2.28. The number of hydrogen-bond donors (Lipinski definition) is 1. The van der Waals surface area contributed by atoms with Crippen molar-refractivity contribution in [1.82, 2.24) is 0 Å². The Kier molecular flexibility index (Phi) is 2.89. The molecular formula is C13H14OS. The van der Waals surface area contributed by atoms with Crippen molar-refractivity contribution >= 4 is 11.3 Å². The lowest BCUT2D eigenvalue weighted by Gasteiger charge is -2.12. The topological polar surface area (TPSA) is 20.2 Å². The summed E-state index contributed by atoms with van der Waals surface area (Å²) in [6.45, 7) is 4.10. The molecule has 78 valence electrons. The lowest BCUT2D eigenvalue weighted by molar-refractivity contribution is 0.223. The van der Waals surface area contributed by atoms with Crippen molar-refractivity contribution in [2.24, 2.45) is 0 Å². The van der Waals surface area contributed by atoms with Crippen LogP contribution in [0.5, 0.6) is 0 Å². The van der Waals surface area contributed by atoms with Crippen LogP contribution >= 0.6 is 11.3 Å². The first-order valence-electron chi connectivity index (χ1n) is 4.97. The van der Waals surface area contributed by atoms with E-state index in [1.54, 1.807) is 11.3 Å². The van der Waals surface area contributed by atoms with Crippen LogP contribution in [0.15, 0.2) is 35.7 Å². The Hall–Kier alpha value is -1.12. The monoisotopic (exact) mass is 218 g/mol. The largest absolute Gasteiger partial charge is 0.383 e. The number of aliphatic hydroxyl groups excluding tert-OH is 1. The van der Waals surface area contributed by atoms with Crippen molar-refractivity contribution in [2.45, 2.75) is 20.0 Å². The van der Waals surface area contributed by atoms with Gasteiger partial charge in [-0.15, -0.1) is 11.3 Å². The quantitative estimate of drug-likeness (QED) is 0.818. The van der Waals surface area contributed by atoms with Crippen LogP contribution in [0.2, 0.25) is 0 Å². The van der Waals surface area contributed by atoms with Crippen LogP contribution in [-0.4, -0.2) is 5.11 Å². The molecule has 0 saturated heterocycles. The minimum atomic E-state index is -0.481. The fourth-order valence-corrected chi connectivity index (χ4v) is 2.46. The first kappa shape index (κ1) is 10.4. The van der Waals surface area contributed by atoms with E-state index < -0.39 is 6.10 Å². The van der Waals surface area contributed by atoms with Gasteiger partial charge in [-0.25, -0.2) is 0 Å². The van der Waals surface area contributed by atoms with Crippen LogP contribution in [0, 0.1) is 13.8 Å². The van der Waals surface area contributed by atoms with Crippen LogP contribution in [0.3, 0.4) is 0 Å². The first-order valence-corrected chi connectivity index (χ1v) is 5.85. The summed E-state index contributed by atoms with van der Waals surface area (Å²) < 4.78 is 0. The van der Waals surface area contributed by atoms with Crippen LogP contribution in [0.4, 0.5) is 0 Å². The Labute approximate surface area is 94.0 Å². The Morgan fingerprint density at radius 2 is 2.00 bits per heavy atom. The van der Waals surface area contributed by atoms with Crippen molar-refractivity contribution in [3.8, 4) is 0 Å². The molecule has 2 heteroatoms. The number of aliphatic hydroxyl groups is 1. The molecule has 0 spiro atoms. The SMILES string of the molecule is Cc1ccc([C@H](O)c2cccs2)c(C)c1. The molecule has 2 rings (SSSR count). The Bertz CT molecular complexity index is 446. The van der Waals surface area contributed by atoms with Gasteiger partial charge in [-0.2, -0.15) is 0 Å². The maximum absolute atomic E-state index is 10.2. The summed E-state index contributed by atoms with van der Waals surface area (Å²) in [6, 6.07) is 10.1. The minimum Gasteiger partial charge on any atom is -0.383 e. The molecule has 0 aliphatic heterocycles. The van der Waals surface area contributed by atoms with Gasteiger partial charge >= 0.3 is 0 Å². The van der Waals surface area contributed by atoms with Crippen LogP contribution < -0.4 is 0 Å². The molecule has 1 aromatic carbocycles. The van der Waals surface area contributed by atoms with Gasteiger partial charge in [-0.3, -0.25) is 0 Å². The zero-order chi connectivity index (χ0) is 10.8. The maximum Gasteiger partial charge on any atom is 0.113 e. The predicted octanol–water partition coefficient (Wildman–Crippen LogP) is 3.45. The second-order valence-corrected chi connectivity index (χ2v) is 4.76. The molecule has 0 unspecified atom stereocenters. The lowest BCUT2D eigenvalue weighted by Crippen LogP contribution is -1.99. The highest BCUT2D eigenvalue weighted by atomic mass is 32.1. The Balaban J connectivity index is 2.38. The van der Waals surface area contributed by atoms with E-state index in [0.29, 0.717) is 0 Å². The van der Waals surface area contributed by atoms with E-state index in [2.05, 4.69) is 13.0 Å². The third-order valence-electron chi connectivity index (χ3n) is 2.53. The van der Waals surface area contributed by atoms with Crippen LogP contribution in [0.1, 0.15) is 27.7 Å². The maximum atomic E-state index is 10.2. The van der Waals surface area contributed by atoms with Crippen LogP contribution in [0.25, 0.3) is 0 Å². The average Bonchev–Trinajstić information content (AvgIpc) is 2.69. The summed E-state index contributed by atoms with van der Waals surface area (Å²) in [5, 5.41) is 12.2. The molecule has 2 aromatic rings. The fourth-order valence-electron chi connectivity index (χ4n) is 1.73. The van der Waals surface area contributed by atoms with Gasteiger partial charge in [0.2, 0.25) is 0 Å². The van der Waals surface area contributed by atoms with Gasteiger partial charge in [0.1, 0.15) is 6.10 Å². The van der Waals surface area contributed by atoms with E-state index in [1.807, 2.05) is 36.6 Å². The second-order valence-electron chi connectivity index (χ2n) is 3.78. The minimum absolute atomic E-state index is 0.481. The van der Waals surface area contributed by atoms with Gasteiger partial charge in [-0.05, 0) is 36.4 Å². The molecule has 1 N–H and O–H groups in total. The normalized spacial score (nSPS) is 12.7. The van der Waals surface area contributed by atoms with E-state index >= 15 is 0 Å². The predicted molar refractivity (Wildman–Crippen MR) is 64.3 cm³/mol. The van der Waals surface area contributed by atoms with Gasteiger partial charge in [0.25, 0.3) is 0 Å². The van der Waals surface area contributed by atoms with Crippen molar-refractivity contribution in [1.29, 1.82) is 0 Å². The molecule has 0 saturated carbocycles. The van der Waals surface area contributed by atoms with Crippen LogP contribution in [-0.2, 0) is 0 Å². The highest BCUT2D eigenvalue weighted by molar-refractivity contribution is 7.10. The van der Waals surface area contributed by atoms with Crippen molar-refractivity contribution < 1.29 is 5.11 Å². The standard InChI is InChI=1S/C13H14OS/c1-9-5-6-11(10(2)8-9)13(14)12-4-3-7-15-12/h3-8,13-14H,1-2H3/t13-/m0/s1. The molecule has 0 amide bonds. The number of hydrogen-bond acceptors (Lipinski definition) is 2. The zero-order valence-corrected chi connectivity index (χ0v) is 9.71. The van der Waals surface area contributed by atoms with E-state index in [-0.39, 0.29) is 0 Å². The van der Waals surface area contributed by atoms with Gasteiger partial charge < -0.3 is 5.11 Å². The molecular weight excluding hydrogens is 204 g/mol. The van der Waals surface area contributed by atoms with Gasteiger partial charge in [0, 0.05) is 4.88 Å². The zero-order valence-electron chi connectivity index (χ0n) is 8.90. The van der Waals surface area contributed by atoms with E-state index in [4.69, 9.17) is 0 Å². The van der Waals surface area contributed by atoms with E-state index in [0.717, 1.165) is 16.0 Å². The van der Waals surface area contributed by atoms with Crippen molar-refractivity contribution in [3.63, 3.8) is 0 Å². The summed E-state index contributed by atoms with van der Waals surface area (Å²) in [6.07, 6.45) is -0.481. The number of aryl methyl sites for hydroxylation is 2. The molecule has 0 radical (unpaired) electrons. The van der Waals surface area contributed by atoms with Gasteiger partial charge in [0.05, 0.1) is 0 Å². The fraction of sp³-hybridized carbons (Fsp3) is 0.231. The summed E-state index contributed by atoms with van der Waals surface area (Å²) in [5.41, 5.74) is 3.38. The average molecular weight is 218 g/mol. The highest BCUT2D eigenvalue weighted by Gasteiger charge is 2.13. The third kappa shape index (κ3) is 2.11. The van der Waals surface area contributed by atoms with Crippen molar-refractivity contribution in [2.75, 3.05) is 0 Å². The molecule has 0 fully saturated rings. The van der Waals surface area contributed by atoms with E-state index in [1.165, 1.54) is 5.56 Å². The Morgan fingerprint density at radius 3 is 2.60 bits per heavy atom.